The molecule has 1 aliphatic rings. The van der Waals surface area contributed by atoms with Crippen molar-refractivity contribution in [1.29, 1.82) is 0 Å². The molecule has 6 heteroatoms. The van der Waals surface area contributed by atoms with E-state index in [1.54, 1.807) is 19.2 Å². The zero-order valence-corrected chi connectivity index (χ0v) is 15.6. The van der Waals surface area contributed by atoms with Crippen molar-refractivity contribution in [1.82, 2.24) is 9.80 Å². The van der Waals surface area contributed by atoms with Crippen LogP contribution in [0.25, 0.3) is 0 Å². The van der Waals surface area contributed by atoms with Crippen LogP contribution in [0.5, 0.6) is 11.5 Å². The summed E-state index contributed by atoms with van der Waals surface area (Å²) in [6.45, 7) is 4.03. The van der Waals surface area contributed by atoms with Gasteiger partial charge in [-0.15, -0.1) is 0 Å². The fourth-order valence-corrected chi connectivity index (χ4v) is 3.17. The van der Waals surface area contributed by atoms with Crippen molar-refractivity contribution >= 4 is 17.5 Å². The lowest BCUT2D eigenvalue weighted by Gasteiger charge is -2.34. The largest absolute Gasteiger partial charge is 0.497 e. The third kappa shape index (κ3) is 5.13. The first-order chi connectivity index (χ1) is 12.6. The fraction of sp³-hybridized carbons (Fsp3) is 0.350. The van der Waals surface area contributed by atoms with Crippen LogP contribution in [-0.2, 0) is 11.3 Å². The maximum absolute atomic E-state index is 12.3. The summed E-state index contributed by atoms with van der Waals surface area (Å²) in [6.07, 6.45) is 0. The molecule has 2 aromatic carbocycles. The number of hydrogen-bond acceptors (Lipinski definition) is 4. The summed E-state index contributed by atoms with van der Waals surface area (Å²) in [5, 5.41) is 0.756. The van der Waals surface area contributed by atoms with Gasteiger partial charge in [0.2, 0.25) is 0 Å². The molecule has 3 rings (SSSR count). The van der Waals surface area contributed by atoms with Crippen LogP contribution in [0.15, 0.2) is 48.5 Å². The minimum atomic E-state index is 0.0169. The quantitative estimate of drug-likeness (QED) is 0.779. The van der Waals surface area contributed by atoms with Crippen LogP contribution in [0.4, 0.5) is 0 Å². The van der Waals surface area contributed by atoms with Crippen LogP contribution in [0.2, 0.25) is 5.02 Å². The summed E-state index contributed by atoms with van der Waals surface area (Å²) in [5.41, 5.74) is 1.19. The van der Waals surface area contributed by atoms with Crippen LogP contribution >= 0.6 is 11.6 Å². The van der Waals surface area contributed by atoms with Gasteiger partial charge < -0.3 is 14.4 Å². The Hall–Kier alpha value is -2.24. The van der Waals surface area contributed by atoms with Gasteiger partial charge in [-0.05, 0) is 42.0 Å². The van der Waals surface area contributed by atoms with Gasteiger partial charge >= 0.3 is 0 Å². The molecule has 0 radical (unpaired) electrons. The second-order valence-corrected chi connectivity index (χ2v) is 6.69. The van der Waals surface area contributed by atoms with Gasteiger partial charge in [0.05, 0.1) is 7.11 Å². The van der Waals surface area contributed by atoms with Crippen molar-refractivity contribution in [2.24, 2.45) is 0 Å². The lowest BCUT2D eigenvalue weighted by molar-refractivity contribution is -0.135. The lowest BCUT2D eigenvalue weighted by atomic mass is 10.2. The third-order valence-electron chi connectivity index (χ3n) is 4.44. The summed E-state index contributed by atoms with van der Waals surface area (Å²) < 4.78 is 10.7. The molecule has 0 N–H and O–H groups in total. The zero-order chi connectivity index (χ0) is 18.4. The van der Waals surface area contributed by atoms with E-state index in [0.29, 0.717) is 18.8 Å². The normalized spacial score (nSPS) is 14.9. The molecule has 0 bridgehead atoms. The first-order valence-corrected chi connectivity index (χ1v) is 9.03. The van der Waals surface area contributed by atoms with Crippen molar-refractivity contribution in [3.8, 4) is 11.5 Å². The number of methoxy groups -OCH3 is 1. The molecule has 1 heterocycles. The smallest absolute Gasteiger partial charge is 0.260 e. The van der Waals surface area contributed by atoms with E-state index in [-0.39, 0.29) is 12.5 Å². The number of carbonyl (C=O) groups excluding carboxylic acids is 1. The van der Waals surface area contributed by atoms with Crippen molar-refractivity contribution in [2.45, 2.75) is 6.54 Å². The van der Waals surface area contributed by atoms with Crippen LogP contribution in [0.1, 0.15) is 5.56 Å². The highest BCUT2D eigenvalue weighted by Crippen LogP contribution is 2.17. The van der Waals surface area contributed by atoms with Crippen LogP contribution < -0.4 is 9.47 Å². The maximum atomic E-state index is 12.3. The van der Waals surface area contributed by atoms with E-state index >= 15 is 0 Å². The molecular formula is C20H23ClN2O3. The predicted octanol–water partition coefficient (Wildman–Crippen LogP) is 3.07. The lowest BCUT2D eigenvalue weighted by Crippen LogP contribution is -2.49. The van der Waals surface area contributed by atoms with Crippen molar-refractivity contribution in [2.75, 3.05) is 39.9 Å². The van der Waals surface area contributed by atoms with E-state index < -0.39 is 0 Å². The van der Waals surface area contributed by atoms with Gasteiger partial charge in [-0.3, -0.25) is 9.69 Å². The second-order valence-electron chi connectivity index (χ2n) is 6.25. The molecule has 0 saturated carbocycles. The molecule has 1 fully saturated rings. The van der Waals surface area contributed by atoms with Gasteiger partial charge in [0, 0.05) is 37.7 Å². The Morgan fingerprint density at radius 3 is 2.38 bits per heavy atom. The molecule has 1 amide bonds. The Balaban J connectivity index is 1.42. The molecule has 0 aromatic heterocycles. The summed E-state index contributed by atoms with van der Waals surface area (Å²) in [4.78, 5) is 16.5. The molecular weight excluding hydrogens is 352 g/mol. The molecule has 2 aromatic rings. The average Bonchev–Trinajstić information content (AvgIpc) is 2.67. The standard InChI is InChI=1S/C20H23ClN2O3/c1-25-18-5-7-19(8-6-18)26-15-20(24)23-11-9-22(10-12-23)14-16-3-2-4-17(21)13-16/h2-8,13H,9-12,14-15H2,1H3. The molecule has 0 aliphatic carbocycles. The van der Waals surface area contributed by atoms with E-state index in [1.165, 1.54) is 5.56 Å². The number of benzene rings is 2. The van der Waals surface area contributed by atoms with E-state index in [9.17, 15) is 4.79 Å². The SMILES string of the molecule is COc1ccc(OCC(=O)N2CCN(Cc3cccc(Cl)c3)CC2)cc1. The molecule has 5 nitrogen and oxygen atoms in total. The minimum absolute atomic E-state index is 0.0169. The Labute approximate surface area is 159 Å². The highest BCUT2D eigenvalue weighted by atomic mass is 35.5. The summed E-state index contributed by atoms with van der Waals surface area (Å²) in [6, 6.07) is 15.1. The summed E-state index contributed by atoms with van der Waals surface area (Å²) in [7, 11) is 1.62. The Morgan fingerprint density at radius 2 is 1.73 bits per heavy atom. The second kappa shape index (κ2) is 8.92. The van der Waals surface area contributed by atoms with E-state index in [0.717, 1.165) is 30.4 Å². The van der Waals surface area contributed by atoms with Gasteiger partial charge in [0.25, 0.3) is 5.91 Å². The van der Waals surface area contributed by atoms with Gasteiger partial charge in [0.15, 0.2) is 6.61 Å². The molecule has 0 spiro atoms. The number of rotatable bonds is 6. The van der Waals surface area contributed by atoms with Crippen LogP contribution in [0, 0.1) is 0 Å². The summed E-state index contributed by atoms with van der Waals surface area (Å²) in [5.74, 6) is 1.45. The molecule has 0 unspecified atom stereocenters. The van der Waals surface area contributed by atoms with Gasteiger partial charge in [-0.1, -0.05) is 23.7 Å². The molecule has 1 aliphatic heterocycles. The van der Waals surface area contributed by atoms with Crippen molar-refractivity contribution in [3.05, 3.63) is 59.1 Å². The first kappa shape index (κ1) is 18.5. The Morgan fingerprint density at radius 1 is 1.04 bits per heavy atom. The van der Waals surface area contributed by atoms with Crippen LogP contribution in [-0.4, -0.2) is 55.6 Å². The number of carbonyl (C=O) groups is 1. The number of piperazine rings is 1. The van der Waals surface area contributed by atoms with Gasteiger partial charge in [-0.25, -0.2) is 0 Å². The van der Waals surface area contributed by atoms with Gasteiger partial charge in [0.1, 0.15) is 11.5 Å². The van der Waals surface area contributed by atoms with Gasteiger partial charge in [-0.2, -0.15) is 0 Å². The average molecular weight is 375 g/mol. The molecule has 1 saturated heterocycles. The zero-order valence-electron chi connectivity index (χ0n) is 14.9. The summed E-state index contributed by atoms with van der Waals surface area (Å²) >= 11 is 6.04. The minimum Gasteiger partial charge on any atom is -0.497 e. The Kier molecular flexibility index (Phi) is 6.36. The monoisotopic (exact) mass is 374 g/mol. The highest BCUT2D eigenvalue weighted by molar-refractivity contribution is 6.30. The number of halogens is 1. The Bertz CT molecular complexity index is 728. The number of ether oxygens (including phenoxy) is 2. The van der Waals surface area contributed by atoms with E-state index in [1.807, 2.05) is 35.2 Å². The third-order valence-corrected chi connectivity index (χ3v) is 4.68. The number of hydrogen-bond donors (Lipinski definition) is 0. The van der Waals surface area contributed by atoms with Crippen molar-refractivity contribution < 1.29 is 14.3 Å². The predicted molar refractivity (Wildman–Crippen MR) is 102 cm³/mol. The van der Waals surface area contributed by atoms with Crippen LogP contribution in [0.3, 0.4) is 0 Å². The molecule has 26 heavy (non-hydrogen) atoms. The first-order valence-electron chi connectivity index (χ1n) is 8.65. The number of amides is 1. The molecule has 138 valence electrons. The number of nitrogens with zero attached hydrogens (tertiary/aromatic N) is 2. The van der Waals surface area contributed by atoms with E-state index in [4.69, 9.17) is 21.1 Å². The fourth-order valence-electron chi connectivity index (χ4n) is 2.96. The van der Waals surface area contributed by atoms with Crippen molar-refractivity contribution in [3.63, 3.8) is 0 Å². The van der Waals surface area contributed by atoms with E-state index in [2.05, 4.69) is 11.0 Å². The maximum Gasteiger partial charge on any atom is 0.260 e. The molecule has 0 atom stereocenters. The highest BCUT2D eigenvalue weighted by Gasteiger charge is 2.21. The topological polar surface area (TPSA) is 42.0 Å².